The average Bonchev–Trinajstić information content (AvgIpc) is 2.96. The molecule has 1 aliphatic rings. The maximum absolute atomic E-state index is 11.0. The first kappa shape index (κ1) is 22.6. The second-order valence-electron chi connectivity index (χ2n) is 7.95. The van der Waals surface area contributed by atoms with Crippen molar-refractivity contribution in [3.8, 4) is 0 Å². The van der Waals surface area contributed by atoms with Gasteiger partial charge in [0.2, 0.25) is 0 Å². The number of ketones is 1. The first-order valence-electron chi connectivity index (χ1n) is 10.6. The van der Waals surface area contributed by atoms with Crippen LogP contribution in [0.3, 0.4) is 0 Å². The van der Waals surface area contributed by atoms with E-state index in [0.29, 0.717) is 18.3 Å². The highest BCUT2D eigenvalue weighted by molar-refractivity contribution is 5.79. The summed E-state index contributed by atoms with van der Waals surface area (Å²) in [6.45, 7) is 1.82. The molecule has 4 atom stereocenters. The van der Waals surface area contributed by atoms with Crippen LogP contribution in [0, 0.1) is 11.8 Å². The van der Waals surface area contributed by atoms with Crippen molar-refractivity contribution in [2.45, 2.75) is 109 Å². The van der Waals surface area contributed by atoms with Crippen LogP contribution in [-0.2, 0) is 4.79 Å². The van der Waals surface area contributed by atoms with E-state index < -0.39 is 0 Å². The van der Waals surface area contributed by atoms with Crippen molar-refractivity contribution in [1.82, 2.24) is 0 Å². The molecule has 0 aliphatic heterocycles. The summed E-state index contributed by atoms with van der Waals surface area (Å²) in [5.74, 6) is 0.983. The second-order valence-corrected chi connectivity index (χ2v) is 7.95. The van der Waals surface area contributed by atoms with Gasteiger partial charge in [-0.15, -0.1) is 0 Å². The third kappa shape index (κ3) is 9.72. The molecule has 1 rings (SSSR count). The van der Waals surface area contributed by atoms with Gasteiger partial charge in [-0.1, -0.05) is 51.9 Å². The van der Waals surface area contributed by atoms with Crippen LogP contribution in [0.1, 0.15) is 96.8 Å². The molecule has 0 aromatic carbocycles. The lowest BCUT2D eigenvalue weighted by Crippen LogP contribution is -2.20. The van der Waals surface area contributed by atoms with Gasteiger partial charge in [-0.25, -0.2) is 0 Å². The van der Waals surface area contributed by atoms with Crippen molar-refractivity contribution in [1.29, 1.82) is 0 Å². The predicted octanol–water partition coefficient (Wildman–Crippen LogP) is 4.00. The fourth-order valence-electron chi connectivity index (χ4n) is 4.25. The summed E-state index contributed by atoms with van der Waals surface area (Å²) >= 11 is 0. The molecule has 1 saturated carbocycles. The SMILES string of the molecule is CCCCC(O)CCC[C@H]1C(O)CC[C@@H]1CCCCCCC(=O)CO. The maximum Gasteiger partial charge on any atom is 0.158 e. The quantitative estimate of drug-likeness (QED) is 0.388. The third-order valence-electron chi connectivity index (χ3n) is 5.86. The van der Waals surface area contributed by atoms with Gasteiger partial charge in [0.25, 0.3) is 0 Å². The molecule has 0 heterocycles. The van der Waals surface area contributed by atoms with Crippen LogP contribution in [0.15, 0.2) is 0 Å². The fraction of sp³-hybridized carbons (Fsp3) is 0.952. The summed E-state index contributed by atoms with van der Waals surface area (Å²) in [6.07, 6.45) is 13.7. The van der Waals surface area contributed by atoms with E-state index in [4.69, 9.17) is 5.11 Å². The standard InChI is InChI=1S/C21H40O4/c1-2-3-10-18(23)12-8-13-20-17(14-15-21(20)25)9-6-4-5-7-11-19(24)16-22/h17-18,20-23,25H,2-16H2,1H3/t17-,18?,20+,21?/m0/s1. The van der Waals surface area contributed by atoms with Crippen molar-refractivity contribution in [2.75, 3.05) is 6.61 Å². The van der Waals surface area contributed by atoms with Gasteiger partial charge >= 0.3 is 0 Å². The lowest BCUT2D eigenvalue weighted by atomic mass is 9.85. The highest BCUT2D eigenvalue weighted by Crippen LogP contribution is 2.39. The summed E-state index contributed by atoms with van der Waals surface area (Å²) in [6, 6.07) is 0. The van der Waals surface area contributed by atoms with Gasteiger partial charge in [-0.05, 0) is 50.4 Å². The molecule has 4 heteroatoms. The predicted molar refractivity (Wildman–Crippen MR) is 101 cm³/mol. The minimum Gasteiger partial charge on any atom is -0.393 e. The lowest BCUT2D eigenvalue weighted by Gasteiger charge is -2.23. The molecular formula is C21H40O4. The van der Waals surface area contributed by atoms with E-state index in [1.165, 1.54) is 12.8 Å². The molecule has 1 fully saturated rings. The molecule has 4 nitrogen and oxygen atoms in total. The van der Waals surface area contributed by atoms with Gasteiger partial charge in [0.1, 0.15) is 6.61 Å². The molecule has 0 aromatic heterocycles. The van der Waals surface area contributed by atoms with Crippen LogP contribution in [0.4, 0.5) is 0 Å². The van der Waals surface area contributed by atoms with Crippen LogP contribution in [0.25, 0.3) is 0 Å². The molecule has 0 amide bonds. The first-order valence-corrected chi connectivity index (χ1v) is 10.6. The summed E-state index contributed by atoms with van der Waals surface area (Å²) in [5.41, 5.74) is 0. The Morgan fingerprint density at radius 3 is 2.44 bits per heavy atom. The summed E-state index contributed by atoms with van der Waals surface area (Å²) in [4.78, 5) is 11.0. The molecule has 0 aromatic rings. The molecule has 2 unspecified atom stereocenters. The summed E-state index contributed by atoms with van der Waals surface area (Å²) in [7, 11) is 0. The van der Waals surface area contributed by atoms with Gasteiger partial charge in [-0.3, -0.25) is 4.79 Å². The smallest absolute Gasteiger partial charge is 0.158 e. The van der Waals surface area contributed by atoms with Crippen molar-refractivity contribution in [2.24, 2.45) is 11.8 Å². The Kier molecular flexibility index (Phi) is 12.4. The van der Waals surface area contributed by atoms with Gasteiger partial charge in [-0.2, -0.15) is 0 Å². The highest BCUT2D eigenvalue weighted by Gasteiger charge is 2.33. The molecular weight excluding hydrogens is 316 g/mol. The zero-order valence-electron chi connectivity index (χ0n) is 16.2. The van der Waals surface area contributed by atoms with Crippen molar-refractivity contribution < 1.29 is 20.1 Å². The fourth-order valence-corrected chi connectivity index (χ4v) is 4.25. The Bertz CT molecular complexity index is 345. The Balaban J connectivity index is 2.15. The number of carbonyl (C=O) groups is 1. The highest BCUT2D eigenvalue weighted by atomic mass is 16.3. The molecule has 0 bridgehead atoms. The van der Waals surface area contributed by atoms with E-state index in [0.717, 1.165) is 70.6 Å². The van der Waals surface area contributed by atoms with Crippen LogP contribution >= 0.6 is 0 Å². The summed E-state index contributed by atoms with van der Waals surface area (Å²) < 4.78 is 0. The zero-order chi connectivity index (χ0) is 18.5. The molecule has 148 valence electrons. The first-order chi connectivity index (χ1) is 12.1. The number of hydrogen-bond acceptors (Lipinski definition) is 4. The van der Waals surface area contributed by atoms with E-state index in [2.05, 4.69) is 6.92 Å². The Hall–Kier alpha value is -0.450. The third-order valence-corrected chi connectivity index (χ3v) is 5.86. The van der Waals surface area contributed by atoms with Gasteiger partial charge in [0.15, 0.2) is 5.78 Å². The van der Waals surface area contributed by atoms with E-state index >= 15 is 0 Å². The zero-order valence-corrected chi connectivity index (χ0v) is 16.2. The average molecular weight is 357 g/mol. The van der Waals surface area contributed by atoms with Crippen LogP contribution in [-0.4, -0.2) is 39.9 Å². The molecule has 25 heavy (non-hydrogen) atoms. The van der Waals surface area contributed by atoms with Gasteiger partial charge in [0.05, 0.1) is 12.2 Å². The summed E-state index contributed by atoms with van der Waals surface area (Å²) in [5, 5.41) is 28.9. The Morgan fingerprint density at radius 2 is 1.72 bits per heavy atom. The minimum absolute atomic E-state index is 0.0555. The maximum atomic E-state index is 11.0. The Morgan fingerprint density at radius 1 is 1.00 bits per heavy atom. The number of aliphatic hydroxyl groups excluding tert-OH is 3. The topological polar surface area (TPSA) is 77.8 Å². The number of unbranched alkanes of at least 4 members (excludes halogenated alkanes) is 4. The molecule has 0 saturated heterocycles. The van der Waals surface area contributed by atoms with Gasteiger partial charge < -0.3 is 15.3 Å². The van der Waals surface area contributed by atoms with Crippen LogP contribution < -0.4 is 0 Å². The monoisotopic (exact) mass is 356 g/mol. The van der Waals surface area contributed by atoms with E-state index in [9.17, 15) is 15.0 Å². The van der Waals surface area contributed by atoms with Crippen molar-refractivity contribution >= 4 is 5.78 Å². The van der Waals surface area contributed by atoms with Crippen LogP contribution in [0.2, 0.25) is 0 Å². The number of aliphatic hydroxyl groups is 3. The van der Waals surface area contributed by atoms with Crippen molar-refractivity contribution in [3.63, 3.8) is 0 Å². The number of carbonyl (C=O) groups excluding carboxylic acids is 1. The normalized spacial score (nSPS) is 24.6. The largest absolute Gasteiger partial charge is 0.393 e. The minimum atomic E-state index is -0.325. The molecule has 3 N–H and O–H groups in total. The lowest BCUT2D eigenvalue weighted by molar-refractivity contribution is -0.121. The Labute approximate surface area is 154 Å². The van der Waals surface area contributed by atoms with Crippen LogP contribution in [0.5, 0.6) is 0 Å². The van der Waals surface area contributed by atoms with Gasteiger partial charge in [0, 0.05) is 6.42 Å². The number of rotatable bonds is 15. The number of Topliss-reactive ketones (excluding diaryl/α,β-unsaturated/α-hetero) is 1. The van der Waals surface area contributed by atoms with E-state index in [1.807, 2.05) is 0 Å². The van der Waals surface area contributed by atoms with E-state index in [1.54, 1.807) is 0 Å². The van der Waals surface area contributed by atoms with E-state index in [-0.39, 0.29) is 24.6 Å². The molecule has 0 radical (unpaired) electrons. The second kappa shape index (κ2) is 13.7. The molecule has 1 aliphatic carbocycles. The number of hydrogen-bond donors (Lipinski definition) is 3. The molecule has 0 spiro atoms. The van der Waals surface area contributed by atoms with Crippen molar-refractivity contribution in [3.05, 3.63) is 0 Å².